The van der Waals surface area contributed by atoms with Crippen molar-refractivity contribution in [2.24, 2.45) is 5.92 Å². The Morgan fingerprint density at radius 1 is 1.48 bits per heavy atom. The van der Waals surface area contributed by atoms with Gasteiger partial charge in [-0.3, -0.25) is 14.9 Å². The van der Waals surface area contributed by atoms with E-state index < -0.39 is 4.92 Å². The van der Waals surface area contributed by atoms with Gasteiger partial charge in [-0.25, -0.2) is 0 Å². The van der Waals surface area contributed by atoms with Gasteiger partial charge in [-0.15, -0.1) is 0 Å². The number of aromatic nitrogens is 1. The number of hydrogen-bond acceptors (Lipinski definition) is 4. The predicted molar refractivity (Wildman–Crippen MR) is 96.7 cm³/mol. The summed E-state index contributed by atoms with van der Waals surface area (Å²) >= 11 is 0. The Balaban J connectivity index is 1.66. The summed E-state index contributed by atoms with van der Waals surface area (Å²) in [7, 11) is 0. The van der Waals surface area contributed by atoms with Crippen LogP contribution in [0.1, 0.15) is 37.2 Å². The van der Waals surface area contributed by atoms with Crippen LogP contribution in [0.25, 0.3) is 10.9 Å². The summed E-state index contributed by atoms with van der Waals surface area (Å²) in [6.45, 7) is 7.13. The van der Waals surface area contributed by atoms with Gasteiger partial charge in [0, 0.05) is 30.6 Å². The Kier molecular flexibility index (Phi) is 5.03. The van der Waals surface area contributed by atoms with Crippen molar-refractivity contribution in [2.75, 3.05) is 19.6 Å². The number of aromatic amines is 1. The van der Waals surface area contributed by atoms with Gasteiger partial charge in [0.2, 0.25) is 0 Å². The molecule has 1 fully saturated rings. The number of nitro groups is 1. The number of nitrogens with zero attached hydrogens (tertiary/aromatic N) is 2. The normalized spacial score (nSPS) is 18.6. The number of piperidine rings is 1. The monoisotopic (exact) mass is 344 g/mol. The zero-order valence-corrected chi connectivity index (χ0v) is 14.6. The molecule has 0 saturated carbocycles. The number of amides is 1. The third kappa shape index (κ3) is 3.82. The molecule has 2 heterocycles. The van der Waals surface area contributed by atoms with E-state index in [1.54, 1.807) is 18.2 Å². The van der Waals surface area contributed by atoms with Crippen LogP contribution in [-0.4, -0.2) is 46.4 Å². The molecule has 1 aliphatic heterocycles. The third-order valence-electron chi connectivity index (χ3n) is 4.91. The maximum atomic E-state index is 12.4. The van der Waals surface area contributed by atoms with E-state index in [-0.39, 0.29) is 11.6 Å². The molecule has 0 radical (unpaired) electrons. The molecule has 2 N–H and O–H groups in total. The topological polar surface area (TPSA) is 91.3 Å². The minimum atomic E-state index is -0.441. The van der Waals surface area contributed by atoms with Crippen molar-refractivity contribution < 1.29 is 9.72 Å². The molecule has 0 spiro atoms. The summed E-state index contributed by atoms with van der Waals surface area (Å²) in [6.07, 6.45) is 2.26. The van der Waals surface area contributed by atoms with E-state index in [1.807, 2.05) is 0 Å². The number of carbonyl (C=O) groups is 1. The van der Waals surface area contributed by atoms with Crippen molar-refractivity contribution in [3.8, 4) is 0 Å². The van der Waals surface area contributed by atoms with Gasteiger partial charge in [0.1, 0.15) is 11.2 Å². The van der Waals surface area contributed by atoms with Gasteiger partial charge >= 0.3 is 0 Å². The summed E-state index contributed by atoms with van der Waals surface area (Å²) in [5.74, 6) is 0.228. The number of non-ortho nitro benzene ring substituents is 1. The van der Waals surface area contributed by atoms with Gasteiger partial charge in [0.15, 0.2) is 0 Å². The highest BCUT2D eigenvalue weighted by Gasteiger charge is 2.23. The average Bonchev–Trinajstić information content (AvgIpc) is 3.03. The molecule has 25 heavy (non-hydrogen) atoms. The number of nitro benzene ring substituents is 1. The van der Waals surface area contributed by atoms with Crippen molar-refractivity contribution >= 4 is 22.5 Å². The molecule has 1 aliphatic rings. The highest BCUT2D eigenvalue weighted by atomic mass is 16.6. The first-order valence-corrected chi connectivity index (χ1v) is 8.74. The Labute approximate surface area is 146 Å². The number of rotatable bonds is 5. The third-order valence-corrected chi connectivity index (χ3v) is 4.91. The lowest BCUT2D eigenvalue weighted by atomic mass is 9.97. The van der Waals surface area contributed by atoms with E-state index in [9.17, 15) is 14.9 Å². The molecule has 7 heteroatoms. The minimum Gasteiger partial charge on any atom is -0.350 e. The van der Waals surface area contributed by atoms with E-state index in [4.69, 9.17) is 0 Å². The Hall–Kier alpha value is -2.41. The van der Waals surface area contributed by atoms with Crippen molar-refractivity contribution in [3.05, 3.63) is 40.1 Å². The van der Waals surface area contributed by atoms with Gasteiger partial charge in [-0.1, -0.05) is 12.1 Å². The van der Waals surface area contributed by atoms with Gasteiger partial charge < -0.3 is 15.2 Å². The number of benzene rings is 1. The summed E-state index contributed by atoms with van der Waals surface area (Å²) in [4.78, 5) is 28.4. The van der Waals surface area contributed by atoms with Crippen LogP contribution in [0.2, 0.25) is 0 Å². The van der Waals surface area contributed by atoms with Crippen molar-refractivity contribution in [1.82, 2.24) is 15.2 Å². The van der Waals surface area contributed by atoms with E-state index in [1.165, 1.54) is 6.07 Å². The Morgan fingerprint density at radius 3 is 3.00 bits per heavy atom. The number of fused-ring (bicyclic) bond motifs is 1. The van der Waals surface area contributed by atoms with Crippen LogP contribution in [0.3, 0.4) is 0 Å². The SMILES string of the molecule is CC(C)N1CCCC(CNC(=O)c2cc3cccc([N+](=O)[O-])c3[nH]2)C1. The molecule has 1 aromatic heterocycles. The molecule has 134 valence electrons. The molecular formula is C18H24N4O3. The van der Waals surface area contributed by atoms with Crippen LogP contribution in [0.15, 0.2) is 24.3 Å². The maximum Gasteiger partial charge on any atom is 0.293 e. The molecule has 0 bridgehead atoms. The fraction of sp³-hybridized carbons (Fsp3) is 0.500. The number of carbonyl (C=O) groups excluding carboxylic acids is 1. The highest BCUT2D eigenvalue weighted by Crippen LogP contribution is 2.25. The van der Waals surface area contributed by atoms with Crippen LogP contribution < -0.4 is 5.32 Å². The largest absolute Gasteiger partial charge is 0.350 e. The molecule has 3 rings (SSSR count). The highest BCUT2D eigenvalue weighted by molar-refractivity contribution is 6.00. The predicted octanol–water partition coefficient (Wildman–Crippen LogP) is 2.93. The molecule has 1 atom stereocenters. The zero-order chi connectivity index (χ0) is 18.0. The van der Waals surface area contributed by atoms with E-state index in [0.717, 1.165) is 25.9 Å². The summed E-state index contributed by atoms with van der Waals surface area (Å²) in [6, 6.07) is 7.00. The van der Waals surface area contributed by atoms with Gasteiger partial charge in [-0.05, 0) is 45.2 Å². The van der Waals surface area contributed by atoms with Crippen LogP contribution in [-0.2, 0) is 0 Å². The lowest BCUT2D eigenvalue weighted by molar-refractivity contribution is -0.383. The standard InChI is InChI=1S/C18H24N4O3/c1-12(2)21-8-4-5-13(11-21)10-19-18(23)15-9-14-6-3-7-16(22(24)25)17(14)20-15/h3,6-7,9,12-13,20H,4-5,8,10-11H2,1-2H3,(H,19,23). The van der Waals surface area contributed by atoms with Gasteiger partial charge in [0.25, 0.3) is 11.6 Å². The maximum absolute atomic E-state index is 12.4. The quantitative estimate of drug-likeness (QED) is 0.644. The molecule has 1 unspecified atom stereocenters. The molecular weight excluding hydrogens is 320 g/mol. The lowest BCUT2D eigenvalue weighted by Gasteiger charge is -2.35. The van der Waals surface area contributed by atoms with Gasteiger partial charge in [-0.2, -0.15) is 0 Å². The Morgan fingerprint density at radius 2 is 2.28 bits per heavy atom. The van der Waals surface area contributed by atoms with E-state index >= 15 is 0 Å². The molecule has 1 aromatic carbocycles. The summed E-state index contributed by atoms with van der Waals surface area (Å²) < 4.78 is 0. The van der Waals surface area contributed by atoms with Crippen molar-refractivity contribution in [1.29, 1.82) is 0 Å². The van der Waals surface area contributed by atoms with Crippen molar-refractivity contribution in [3.63, 3.8) is 0 Å². The molecule has 1 saturated heterocycles. The fourth-order valence-corrected chi connectivity index (χ4v) is 3.48. The average molecular weight is 344 g/mol. The number of H-pyrrole nitrogens is 1. The van der Waals surface area contributed by atoms with Crippen LogP contribution in [0, 0.1) is 16.0 Å². The molecule has 7 nitrogen and oxygen atoms in total. The van der Waals surface area contributed by atoms with E-state index in [0.29, 0.717) is 35.1 Å². The second-order valence-corrected chi connectivity index (χ2v) is 6.99. The zero-order valence-electron chi connectivity index (χ0n) is 14.6. The Bertz CT molecular complexity index is 784. The second-order valence-electron chi connectivity index (χ2n) is 6.99. The minimum absolute atomic E-state index is 0.0172. The molecule has 2 aromatic rings. The summed E-state index contributed by atoms with van der Waals surface area (Å²) in [5, 5.41) is 14.7. The first-order valence-electron chi connectivity index (χ1n) is 8.74. The first-order chi connectivity index (χ1) is 12.0. The number of para-hydroxylation sites is 1. The first kappa shape index (κ1) is 17.4. The van der Waals surface area contributed by atoms with Crippen LogP contribution >= 0.6 is 0 Å². The van der Waals surface area contributed by atoms with Gasteiger partial charge in [0.05, 0.1) is 4.92 Å². The number of nitrogens with one attached hydrogen (secondary N) is 2. The van der Waals surface area contributed by atoms with Crippen LogP contribution in [0.4, 0.5) is 5.69 Å². The van der Waals surface area contributed by atoms with Crippen molar-refractivity contribution in [2.45, 2.75) is 32.7 Å². The fourth-order valence-electron chi connectivity index (χ4n) is 3.48. The summed E-state index contributed by atoms with van der Waals surface area (Å²) in [5.41, 5.74) is 0.735. The molecule has 0 aliphatic carbocycles. The smallest absolute Gasteiger partial charge is 0.293 e. The number of hydrogen-bond donors (Lipinski definition) is 2. The second kappa shape index (κ2) is 7.23. The van der Waals surface area contributed by atoms with E-state index in [2.05, 4.69) is 29.0 Å². The molecule has 1 amide bonds. The van der Waals surface area contributed by atoms with Crippen LogP contribution in [0.5, 0.6) is 0 Å². The lowest BCUT2D eigenvalue weighted by Crippen LogP contribution is -2.43. The number of likely N-dealkylation sites (tertiary alicyclic amines) is 1.